The molecule has 1 rings (SSSR count). The highest BCUT2D eigenvalue weighted by atomic mass is 35.5. The second-order valence-electron chi connectivity index (χ2n) is 2.31. The number of aromatic nitrogens is 2. The van der Waals surface area contributed by atoms with Crippen molar-refractivity contribution in [1.29, 1.82) is 0 Å². The summed E-state index contributed by atoms with van der Waals surface area (Å²) in [7, 11) is 0. The topological polar surface area (TPSA) is 78.1 Å². The van der Waals surface area contributed by atoms with Gasteiger partial charge in [0.2, 0.25) is 0 Å². The zero-order valence-electron chi connectivity index (χ0n) is 7.77. The van der Waals surface area contributed by atoms with Crippen molar-refractivity contribution in [2.24, 2.45) is 5.73 Å². The van der Waals surface area contributed by atoms with Crippen LogP contribution >= 0.6 is 12.4 Å². The Morgan fingerprint density at radius 3 is 2.50 bits per heavy atom. The van der Waals surface area contributed by atoms with Crippen LogP contribution in [0.5, 0.6) is 0 Å². The summed E-state index contributed by atoms with van der Waals surface area (Å²) in [5, 5.41) is 0. The van der Waals surface area contributed by atoms with Crippen molar-refractivity contribution >= 4 is 18.4 Å². The van der Waals surface area contributed by atoms with E-state index < -0.39 is 5.97 Å². The Balaban J connectivity index is 0.00000169. The lowest BCUT2D eigenvalue weighted by Gasteiger charge is -2.00. The Bertz CT molecular complexity index is 289. The molecule has 0 bridgehead atoms. The Kier molecular flexibility index (Phi) is 5.74. The highest BCUT2D eigenvalue weighted by Gasteiger charge is 2.06. The van der Waals surface area contributed by atoms with E-state index in [1.807, 2.05) is 0 Å². The minimum atomic E-state index is -0.411. The molecule has 1 aromatic heterocycles. The number of ether oxygens (including phenoxy) is 1. The fraction of sp³-hybridized carbons (Fsp3) is 0.375. The van der Waals surface area contributed by atoms with Crippen LogP contribution in [0.2, 0.25) is 0 Å². The van der Waals surface area contributed by atoms with Gasteiger partial charge in [0.25, 0.3) is 0 Å². The van der Waals surface area contributed by atoms with Crippen molar-refractivity contribution in [3.05, 3.63) is 23.8 Å². The molecule has 0 radical (unpaired) electrons. The molecule has 0 spiro atoms. The predicted octanol–water partition coefficient (Wildman–Crippen LogP) is 0.534. The van der Waals surface area contributed by atoms with E-state index in [-0.39, 0.29) is 19.0 Å². The van der Waals surface area contributed by atoms with E-state index in [1.54, 1.807) is 6.92 Å². The Labute approximate surface area is 88.1 Å². The van der Waals surface area contributed by atoms with E-state index in [2.05, 4.69) is 9.97 Å². The van der Waals surface area contributed by atoms with Crippen molar-refractivity contribution in [1.82, 2.24) is 9.97 Å². The summed E-state index contributed by atoms with van der Waals surface area (Å²) in [5.41, 5.74) is 5.64. The molecule has 0 aliphatic carbocycles. The van der Waals surface area contributed by atoms with Gasteiger partial charge in [0.05, 0.1) is 18.7 Å². The van der Waals surface area contributed by atoms with E-state index in [1.165, 1.54) is 12.4 Å². The summed E-state index contributed by atoms with van der Waals surface area (Å²) in [6, 6.07) is 0. The van der Waals surface area contributed by atoms with Gasteiger partial charge in [0.15, 0.2) is 0 Å². The van der Waals surface area contributed by atoms with Gasteiger partial charge in [0, 0.05) is 12.4 Å². The number of carbonyl (C=O) groups excluding carboxylic acids is 1. The smallest absolute Gasteiger partial charge is 0.341 e. The second-order valence-corrected chi connectivity index (χ2v) is 2.31. The Morgan fingerprint density at radius 1 is 1.50 bits per heavy atom. The first-order chi connectivity index (χ1) is 6.27. The van der Waals surface area contributed by atoms with E-state index in [0.717, 1.165) is 0 Å². The Morgan fingerprint density at radius 2 is 2.07 bits per heavy atom. The van der Waals surface area contributed by atoms with Gasteiger partial charge >= 0.3 is 5.97 Å². The standard InChI is InChI=1S/C8H11N3O2.ClH/c1-2-13-8(12)6-4-10-7(3-9)11-5-6;/h4-5H,2-3,9H2,1H3;1H. The molecule has 2 N–H and O–H groups in total. The molecule has 1 heterocycles. The van der Waals surface area contributed by atoms with Gasteiger partial charge in [-0.15, -0.1) is 12.4 Å². The summed E-state index contributed by atoms with van der Waals surface area (Å²) in [6.07, 6.45) is 2.82. The van der Waals surface area contributed by atoms with Gasteiger partial charge in [0.1, 0.15) is 5.82 Å². The van der Waals surface area contributed by atoms with Crippen LogP contribution in [0.1, 0.15) is 23.1 Å². The molecule has 14 heavy (non-hydrogen) atoms. The molecular formula is C8H12ClN3O2. The number of halogens is 1. The number of nitrogens with two attached hydrogens (primary N) is 1. The third kappa shape index (κ3) is 3.27. The van der Waals surface area contributed by atoms with Crippen LogP contribution in [0.15, 0.2) is 12.4 Å². The normalized spacial score (nSPS) is 9.00. The molecule has 6 heteroatoms. The molecule has 78 valence electrons. The predicted molar refractivity (Wildman–Crippen MR) is 53.1 cm³/mol. The lowest BCUT2D eigenvalue weighted by Crippen LogP contribution is -2.08. The first-order valence-electron chi connectivity index (χ1n) is 3.96. The summed E-state index contributed by atoms with van der Waals surface area (Å²) in [4.78, 5) is 18.8. The van der Waals surface area contributed by atoms with Gasteiger partial charge in [-0.1, -0.05) is 0 Å². The van der Waals surface area contributed by atoms with Crippen LogP contribution in [0.3, 0.4) is 0 Å². The third-order valence-electron chi connectivity index (χ3n) is 1.40. The van der Waals surface area contributed by atoms with Crippen molar-refractivity contribution in [3.8, 4) is 0 Å². The molecule has 1 aromatic rings. The zero-order valence-corrected chi connectivity index (χ0v) is 8.58. The largest absolute Gasteiger partial charge is 0.462 e. The van der Waals surface area contributed by atoms with Crippen LogP contribution in [0.4, 0.5) is 0 Å². The first kappa shape index (κ1) is 12.8. The van der Waals surface area contributed by atoms with Gasteiger partial charge in [-0.25, -0.2) is 14.8 Å². The summed E-state index contributed by atoms with van der Waals surface area (Å²) in [5.74, 6) is 0.0964. The van der Waals surface area contributed by atoms with Crippen LogP contribution < -0.4 is 5.73 Å². The lowest BCUT2D eigenvalue weighted by molar-refractivity contribution is 0.0525. The van der Waals surface area contributed by atoms with Crippen molar-refractivity contribution < 1.29 is 9.53 Å². The van der Waals surface area contributed by atoms with E-state index >= 15 is 0 Å². The number of carbonyl (C=O) groups is 1. The summed E-state index contributed by atoms with van der Waals surface area (Å²) < 4.78 is 4.75. The highest BCUT2D eigenvalue weighted by molar-refractivity contribution is 5.88. The van der Waals surface area contributed by atoms with Crippen molar-refractivity contribution in [2.75, 3.05) is 6.61 Å². The van der Waals surface area contributed by atoms with Gasteiger partial charge in [-0.05, 0) is 6.92 Å². The first-order valence-corrected chi connectivity index (χ1v) is 3.96. The zero-order chi connectivity index (χ0) is 9.68. The number of hydrogen-bond acceptors (Lipinski definition) is 5. The molecule has 0 aliphatic heterocycles. The average molecular weight is 218 g/mol. The van der Waals surface area contributed by atoms with Crippen LogP contribution in [-0.2, 0) is 11.3 Å². The van der Waals surface area contributed by atoms with Crippen LogP contribution in [-0.4, -0.2) is 22.5 Å². The molecule has 5 nitrogen and oxygen atoms in total. The number of hydrogen-bond donors (Lipinski definition) is 1. The molecule has 0 aliphatic rings. The van der Waals surface area contributed by atoms with E-state index in [9.17, 15) is 4.79 Å². The maximum atomic E-state index is 11.1. The number of rotatable bonds is 3. The van der Waals surface area contributed by atoms with Crippen molar-refractivity contribution in [3.63, 3.8) is 0 Å². The quantitative estimate of drug-likeness (QED) is 0.748. The van der Waals surface area contributed by atoms with Gasteiger partial charge in [-0.2, -0.15) is 0 Å². The molecule has 0 saturated carbocycles. The third-order valence-corrected chi connectivity index (χ3v) is 1.40. The number of nitrogens with zero attached hydrogens (tertiary/aromatic N) is 2. The van der Waals surface area contributed by atoms with Gasteiger partial charge in [-0.3, -0.25) is 0 Å². The average Bonchev–Trinajstić information content (AvgIpc) is 2.18. The molecule has 0 fully saturated rings. The fourth-order valence-electron chi connectivity index (χ4n) is 0.780. The molecule has 0 unspecified atom stereocenters. The monoisotopic (exact) mass is 217 g/mol. The minimum Gasteiger partial charge on any atom is -0.462 e. The number of esters is 1. The fourth-order valence-corrected chi connectivity index (χ4v) is 0.780. The molecule has 0 aromatic carbocycles. The molecule has 0 atom stereocenters. The SMILES string of the molecule is CCOC(=O)c1cnc(CN)nc1.Cl. The van der Waals surface area contributed by atoms with Crippen molar-refractivity contribution in [2.45, 2.75) is 13.5 Å². The maximum absolute atomic E-state index is 11.1. The second kappa shape index (κ2) is 6.28. The molecule has 0 amide bonds. The summed E-state index contributed by atoms with van der Waals surface area (Å²) in [6.45, 7) is 2.35. The Hall–Kier alpha value is -1.20. The van der Waals surface area contributed by atoms with E-state index in [4.69, 9.17) is 10.5 Å². The molecular weight excluding hydrogens is 206 g/mol. The summed E-state index contributed by atoms with van der Waals surface area (Å²) >= 11 is 0. The lowest BCUT2D eigenvalue weighted by atomic mass is 10.3. The van der Waals surface area contributed by atoms with Gasteiger partial charge < -0.3 is 10.5 Å². The molecule has 0 saturated heterocycles. The minimum absolute atomic E-state index is 0. The highest BCUT2D eigenvalue weighted by Crippen LogP contribution is 1.98. The van der Waals surface area contributed by atoms with E-state index in [0.29, 0.717) is 18.0 Å². The maximum Gasteiger partial charge on any atom is 0.341 e. The van der Waals surface area contributed by atoms with Crippen LogP contribution in [0, 0.1) is 0 Å². The van der Waals surface area contributed by atoms with Crippen LogP contribution in [0.25, 0.3) is 0 Å².